The van der Waals surface area contributed by atoms with Gasteiger partial charge in [-0.2, -0.15) is 0 Å². The minimum Gasteiger partial charge on any atom is -0.453 e. The van der Waals surface area contributed by atoms with Crippen molar-refractivity contribution in [3.05, 3.63) is 26.6 Å². The molecule has 0 unspecified atom stereocenters. The zero-order valence-electron chi connectivity index (χ0n) is 16.6. The van der Waals surface area contributed by atoms with Crippen LogP contribution in [0.4, 0.5) is 0 Å². The summed E-state index contributed by atoms with van der Waals surface area (Å²) in [5, 5.41) is 0.547. The first-order chi connectivity index (χ1) is 13.8. The SMILES string of the molecule is Cc1sc2nc([C@H](C)OC(=O)CN3C(=O)[C@@H]4CCCC[C@H]4C3=O)[nH]c(=O)c2c1C. The van der Waals surface area contributed by atoms with Crippen LogP contribution in [0.5, 0.6) is 0 Å². The fraction of sp³-hybridized carbons (Fsp3) is 0.550. The van der Waals surface area contributed by atoms with E-state index in [1.54, 1.807) is 6.92 Å². The van der Waals surface area contributed by atoms with E-state index in [1.165, 1.54) is 11.3 Å². The molecule has 2 fully saturated rings. The number of ether oxygens (including phenoxy) is 1. The highest BCUT2D eigenvalue weighted by Gasteiger charge is 2.48. The molecule has 0 spiro atoms. The van der Waals surface area contributed by atoms with Gasteiger partial charge in [-0.15, -0.1) is 11.3 Å². The lowest BCUT2D eigenvalue weighted by molar-refractivity contribution is -0.156. The van der Waals surface area contributed by atoms with Crippen molar-refractivity contribution in [2.24, 2.45) is 11.8 Å². The molecule has 154 valence electrons. The van der Waals surface area contributed by atoms with E-state index in [0.29, 0.717) is 23.1 Å². The second kappa shape index (κ2) is 7.37. The molecule has 3 heterocycles. The number of H-pyrrole nitrogens is 1. The van der Waals surface area contributed by atoms with E-state index in [2.05, 4.69) is 9.97 Å². The molecule has 2 aromatic rings. The third-order valence-corrected chi connectivity index (χ3v) is 7.07. The van der Waals surface area contributed by atoms with Gasteiger partial charge in [0, 0.05) is 4.88 Å². The van der Waals surface area contributed by atoms with Crippen LogP contribution in [0.3, 0.4) is 0 Å². The first-order valence-corrected chi connectivity index (χ1v) is 10.6. The number of aromatic amines is 1. The van der Waals surface area contributed by atoms with Crippen LogP contribution in [0.1, 0.15) is 55.0 Å². The van der Waals surface area contributed by atoms with Gasteiger partial charge in [0.2, 0.25) is 11.8 Å². The number of fused-ring (bicyclic) bond motifs is 2. The number of thiophene rings is 1. The van der Waals surface area contributed by atoms with Crippen molar-refractivity contribution in [3.8, 4) is 0 Å². The van der Waals surface area contributed by atoms with E-state index in [0.717, 1.165) is 28.2 Å². The number of esters is 1. The number of aromatic nitrogens is 2. The van der Waals surface area contributed by atoms with Crippen molar-refractivity contribution in [2.45, 2.75) is 52.6 Å². The Bertz CT molecular complexity index is 1050. The van der Waals surface area contributed by atoms with Crippen molar-refractivity contribution in [1.82, 2.24) is 14.9 Å². The standard InChI is InChI=1S/C20H23N3O5S/c1-9-11(3)29-18-15(9)17(25)21-16(22-18)10(2)28-14(24)8-23-19(26)12-6-4-5-7-13(12)20(23)27/h10,12-13H,4-8H2,1-3H3,(H,21,22,25)/t10-,12+,13+/m0/s1. The van der Waals surface area contributed by atoms with Gasteiger partial charge in [-0.25, -0.2) is 4.98 Å². The zero-order chi connectivity index (χ0) is 20.9. The molecule has 8 nitrogen and oxygen atoms in total. The Morgan fingerprint density at radius 1 is 1.21 bits per heavy atom. The van der Waals surface area contributed by atoms with Crippen LogP contribution in [-0.4, -0.2) is 39.2 Å². The largest absolute Gasteiger partial charge is 0.453 e. The molecular formula is C20H23N3O5S. The molecule has 2 amide bonds. The smallest absolute Gasteiger partial charge is 0.326 e. The van der Waals surface area contributed by atoms with E-state index in [9.17, 15) is 19.2 Å². The first kappa shape index (κ1) is 19.8. The molecule has 1 saturated carbocycles. The molecule has 1 aliphatic carbocycles. The maximum atomic E-state index is 12.5. The molecule has 29 heavy (non-hydrogen) atoms. The van der Waals surface area contributed by atoms with Crippen molar-refractivity contribution in [2.75, 3.05) is 6.54 Å². The number of likely N-dealkylation sites (tertiary alicyclic amines) is 1. The van der Waals surface area contributed by atoms with Crippen LogP contribution >= 0.6 is 11.3 Å². The Hall–Kier alpha value is -2.55. The predicted molar refractivity (Wildman–Crippen MR) is 106 cm³/mol. The molecular weight excluding hydrogens is 394 g/mol. The van der Waals surface area contributed by atoms with Gasteiger partial charge in [0.25, 0.3) is 5.56 Å². The Morgan fingerprint density at radius 3 is 2.45 bits per heavy atom. The summed E-state index contributed by atoms with van der Waals surface area (Å²) >= 11 is 1.41. The van der Waals surface area contributed by atoms with Gasteiger partial charge in [0.05, 0.1) is 17.2 Å². The van der Waals surface area contributed by atoms with E-state index in [1.807, 2.05) is 13.8 Å². The average molecular weight is 417 g/mol. The number of imide groups is 1. The normalized spacial score (nSPS) is 22.8. The number of carbonyl (C=O) groups is 3. The van der Waals surface area contributed by atoms with Crippen LogP contribution in [0, 0.1) is 25.7 Å². The topological polar surface area (TPSA) is 109 Å². The Balaban J connectivity index is 1.47. The van der Waals surface area contributed by atoms with E-state index < -0.39 is 18.6 Å². The summed E-state index contributed by atoms with van der Waals surface area (Å²) in [7, 11) is 0. The molecule has 0 radical (unpaired) electrons. The maximum absolute atomic E-state index is 12.5. The molecule has 1 saturated heterocycles. The third-order valence-electron chi connectivity index (χ3n) is 5.97. The number of nitrogens with zero attached hydrogens (tertiary/aromatic N) is 2. The van der Waals surface area contributed by atoms with Gasteiger partial charge in [-0.3, -0.25) is 24.1 Å². The molecule has 4 rings (SSSR count). The Morgan fingerprint density at radius 2 is 1.83 bits per heavy atom. The summed E-state index contributed by atoms with van der Waals surface area (Å²) in [6.07, 6.45) is 2.44. The van der Waals surface area contributed by atoms with Gasteiger partial charge in [0.1, 0.15) is 11.4 Å². The fourth-order valence-corrected chi connectivity index (χ4v) is 5.31. The Kier molecular flexibility index (Phi) is 5.02. The van der Waals surface area contributed by atoms with Gasteiger partial charge in [0.15, 0.2) is 11.9 Å². The van der Waals surface area contributed by atoms with Crippen LogP contribution in [0.15, 0.2) is 4.79 Å². The van der Waals surface area contributed by atoms with Crippen LogP contribution in [0.2, 0.25) is 0 Å². The lowest BCUT2D eigenvalue weighted by Gasteiger charge is -2.19. The molecule has 9 heteroatoms. The molecule has 0 bridgehead atoms. The first-order valence-electron chi connectivity index (χ1n) is 9.82. The molecule has 3 atom stereocenters. The summed E-state index contributed by atoms with van der Waals surface area (Å²) in [5.41, 5.74) is 0.617. The van der Waals surface area contributed by atoms with E-state index in [-0.39, 0.29) is 35.0 Å². The number of nitrogens with one attached hydrogen (secondary N) is 1. The second-order valence-corrected chi connectivity index (χ2v) is 9.01. The lowest BCUT2D eigenvalue weighted by Crippen LogP contribution is -2.37. The monoisotopic (exact) mass is 417 g/mol. The van der Waals surface area contributed by atoms with E-state index >= 15 is 0 Å². The number of hydrogen-bond donors (Lipinski definition) is 1. The molecule has 0 aromatic carbocycles. The summed E-state index contributed by atoms with van der Waals surface area (Å²) < 4.78 is 5.38. The second-order valence-electron chi connectivity index (χ2n) is 7.81. The minimum atomic E-state index is -0.808. The minimum absolute atomic E-state index is 0.241. The Labute approximate surface area is 171 Å². The molecule has 2 aromatic heterocycles. The van der Waals surface area contributed by atoms with Gasteiger partial charge >= 0.3 is 5.97 Å². The summed E-state index contributed by atoms with van der Waals surface area (Å²) in [5.74, 6) is -1.60. The van der Waals surface area contributed by atoms with Crippen molar-refractivity contribution < 1.29 is 19.1 Å². The lowest BCUT2D eigenvalue weighted by atomic mass is 9.81. The maximum Gasteiger partial charge on any atom is 0.326 e. The van der Waals surface area contributed by atoms with E-state index in [4.69, 9.17) is 4.74 Å². The van der Waals surface area contributed by atoms with Gasteiger partial charge in [-0.05, 0) is 39.2 Å². The average Bonchev–Trinajstić information content (AvgIpc) is 3.10. The highest BCUT2D eigenvalue weighted by molar-refractivity contribution is 7.18. The molecule has 2 aliphatic rings. The summed E-state index contributed by atoms with van der Waals surface area (Å²) in [6.45, 7) is 4.99. The molecule has 1 N–H and O–H groups in total. The quantitative estimate of drug-likeness (QED) is 0.604. The van der Waals surface area contributed by atoms with Crippen LogP contribution in [-0.2, 0) is 19.1 Å². The van der Waals surface area contributed by atoms with Crippen molar-refractivity contribution in [3.63, 3.8) is 0 Å². The van der Waals surface area contributed by atoms with Crippen molar-refractivity contribution >= 4 is 39.3 Å². The zero-order valence-corrected chi connectivity index (χ0v) is 17.4. The van der Waals surface area contributed by atoms with Gasteiger partial charge < -0.3 is 9.72 Å². The number of rotatable bonds is 4. The number of aryl methyl sites for hydroxylation is 2. The highest BCUT2D eigenvalue weighted by atomic mass is 32.1. The summed E-state index contributed by atoms with van der Waals surface area (Å²) in [6, 6.07) is 0. The van der Waals surface area contributed by atoms with Crippen LogP contribution in [0.25, 0.3) is 10.2 Å². The third kappa shape index (κ3) is 3.37. The molecule has 1 aliphatic heterocycles. The van der Waals surface area contributed by atoms with Gasteiger partial charge in [-0.1, -0.05) is 12.8 Å². The number of hydrogen-bond acceptors (Lipinski definition) is 7. The summed E-state index contributed by atoms with van der Waals surface area (Å²) in [4.78, 5) is 59.6. The highest BCUT2D eigenvalue weighted by Crippen LogP contribution is 2.38. The number of carbonyl (C=O) groups excluding carboxylic acids is 3. The predicted octanol–water partition coefficient (Wildman–Crippen LogP) is 2.38. The van der Waals surface area contributed by atoms with Crippen LogP contribution < -0.4 is 5.56 Å². The van der Waals surface area contributed by atoms with Crippen molar-refractivity contribution in [1.29, 1.82) is 0 Å². The fourth-order valence-electron chi connectivity index (χ4n) is 4.27. The number of amides is 2.